The molecule has 0 aliphatic heterocycles. The zero-order chi connectivity index (χ0) is 20.7. The molecule has 0 saturated carbocycles. The molecule has 152 valence electrons. The maximum absolute atomic E-state index is 13.7. The summed E-state index contributed by atoms with van der Waals surface area (Å²) in [5.74, 6) is -0.896. The van der Waals surface area contributed by atoms with E-state index in [-0.39, 0.29) is 29.6 Å². The van der Waals surface area contributed by atoms with Crippen LogP contribution in [0.2, 0.25) is 0 Å². The fourth-order valence-corrected chi connectivity index (χ4v) is 3.70. The van der Waals surface area contributed by atoms with E-state index in [1.807, 2.05) is 6.92 Å². The van der Waals surface area contributed by atoms with Crippen LogP contribution in [-0.4, -0.2) is 44.0 Å². The highest BCUT2D eigenvalue weighted by Crippen LogP contribution is 2.20. The van der Waals surface area contributed by atoms with Gasteiger partial charge in [0.15, 0.2) is 0 Å². The van der Waals surface area contributed by atoms with Gasteiger partial charge in [-0.3, -0.25) is 9.52 Å². The standard InChI is InChI=1S/C20H25FN2O4S/c1-3-4-10-23(11-12-24)20(25)16-6-5-7-17(13-16)22-28(26,27)18-9-8-15(2)19(21)14-18/h5-9,13-14,22,24H,3-4,10-12H2,1-2H3. The van der Waals surface area contributed by atoms with Gasteiger partial charge in [-0.25, -0.2) is 12.8 Å². The number of anilines is 1. The van der Waals surface area contributed by atoms with E-state index in [2.05, 4.69) is 4.72 Å². The largest absolute Gasteiger partial charge is 0.395 e. The Labute approximate surface area is 165 Å². The van der Waals surface area contributed by atoms with Gasteiger partial charge in [-0.2, -0.15) is 0 Å². The predicted molar refractivity (Wildman–Crippen MR) is 106 cm³/mol. The lowest BCUT2D eigenvalue weighted by Gasteiger charge is -2.22. The fraction of sp³-hybridized carbons (Fsp3) is 0.350. The topological polar surface area (TPSA) is 86.7 Å². The molecule has 2 rings (SSSR count). The third kappa shape index (κ3) is 5.53. The van der Waals surface area contributed by atoms with Crippen LogP contribution in [0.4, 0.5) is 10.1 Å². The molecule has 0 radical (unpaired) electrons. The van der Waals surface area contributed by atoms with E-state index in [1.165, 1.54) is 29.2 Å². The average Bonchev–Trinajstić information content (AvgIpc) is 2.66. The first-order valence-electron chi connectivity index (χ1n) is 9.07. The zero-order valence-electron chi connectivity index (χ0n) is 16.0. The minimum Gasteiger partial charge on any atom is -0.395 e. The van der Waals surface area contributed by atoms with Crippen molar-refractivity contribution in [3.63, 3.8) is 0 Å². The van der Waals surface area contributed by atoms with Crippen molar-refractivity contribution in [1.82, 2.24) is 4.90 Å². The number of sulfonamides is 1. The van der Waals surface area contributed by atoms with Crippen LogP contribution in [0, 0.1) is 12.7 Å². The molecule has 0 spiro atoms. The van der Waals surface area contributed by atoms with Gasteiger partial charge in [0, 0.05) is 24.3 Å². The van der Waals surface area contributed by atoms with Gasteiger partial charge in [0.1, 0.15) is 5.82 Å². The molecule has 28 heavy (non-hydrogen) atoms. The Bertz CT molecular complexity index is 932. The van der Waals surface area contributed by atoms with Crippen molar-refractivity contribution in [2.75, 3.05) is 24.4 Å². The van der Waals surface area contributed by atoms with E-state index in [0.29, 0.717) is 17.7 Å². The number of halogens is 1. The van der Waals surface area contributed by atoms with Crippen LogP contribution >= 0.6 is 0 Å². The molecule has 0 bridgehead atoms. The minimum absolute atomic E-state index is 0.152. The minimum atomic E-state index is -3.99. The van der Waals surface area contributed by atoms with Crippen LogP contribution in [-0.2, 0) is 10.0 Å². The Hall–Kier alpha value is -2.45. The molecule has 0 aliphatic rings. The van der Waals surface area contributed by atoms with Crippen molar-refractivity contribution in [1.29, 1.82) is 0 Å². The number of unbranched alkanes of at least 4 members (excludes halogenated alkanes) is 1. The molecular formula is C20H25FN2O4S. The van der Waals surface area contributed by atoms with Gasteiger partial charge in [0.25, 0.3) is 15.9 Å². The van der Waals surface area contributed by atoms with Crippen molar-refractivity contribution in [3.05, 3.63) is 59.4 Å². The first kappa shape index (κ1) is 21.8. The smallest absolute Gasteiger partial charge is 0.261 e. The average molecular weight is 408 g/mol. The summed E-state index contributed by atoms with van der Waals surface area (Å²) >= 11 is 0. The molecule has 0 atom stereocenters. The van der Waals surface area contributed by atoms with E-state index in [0.717, 1.165) is 18.9 Å². The SMILES string of the molecule is CCCCN(CCO)C(=O)c1cccc(NS(=O)(=O)c2ccc(C)c(F)c2)c1. The first-order valence-corrected chi connectivity index (χ1v) is 10.6. The normalized spacial score (nSPS) is 11.3. The lowest BCUT2D eigenvalue weighted by Crippen LogP contribution is -2.34. The predicted octanol–water partition coefficient (Wildman–Crippen LogP) is 3.17. The van der Waals surface area contributed by atoms with Crippen LogP contribution in [0.5, 0.6) is 0 Å². The Balaban J connectivity index is 2.24. The fourth-order valence-electron chi connectivity index (χ4n) is 2.64. The molecule has 0 saturated heterocycles. The number of hydrogen-bond acceptors (Lipinski definition) is 4. The van der Waals surface area contributed by atoms with Crippen LogP contribution in [0.15, 0.2) is 47.4 Å². The Kier molecular flexibility index (Phi) is 7.53. The van der Waals surface area contributed by atoms with Gasteiger partial charge in [0.2, 0.25) is 0 Å². The summed E-state index contributed by atoms with van der Waals surface area (Å²) in [4.78, 5) is 14.0. The van der Waals surface area contributed by atoms with Crippen molar-refractivity contribution in [2.45, 2.75) is 31.6 Å². The molecule has 1 amide bonds. The number of aliphatic hydroxyl groups is 1. The van der Waals surface area contributed by atoms with Crippen molar-refractivity contribution >= 4 is 21.6 Å². The van der Waals surface area contributed by atoms with Crippen molar-refractivity contribution in [2.24, 2.45) is 0 Å². The van der Waals surface area contributed by atoms with E-state index < -0.39 is 15.8 Å². The maximum atomic E-state index is 13.7. The summed E-state index contributed by atoms with van der Waals surface area (Å²) in [6.45, 7) is 4.11. The van der Waals surface area contributed by atoms with Crippen LogP contribution in [0.25, 0.3) is 0 Å². The van der Waals surface area contributed by atoms with Crippen molar-refractivity contribution < 1.29 is 22.7 Å². The Morgan fingerprint density at radius 3 is 2.57 bits per heavy atom. The number of carbonyl (C=O) groups excluding carboxylic acids is 1. The van der Waals surface area contributed by atoms with Gasteiger partial charge in [0.05, 0.1) is 11.5 Å². The number of aliphatic hydroxyl groups excluding tert-OH is 1. The highest BCUT2D eigenvalue weighted by molar-refractivity contribution is 7.92. The van der Waals surface area contributed by atoms with Gasteiger partial charge in [-0.1, -0.05) is 25.5 Å². The maximum Gasteiger partial charge on any atom is 0.261 e. The number of nitrogens with zero attached hydrogens (tertiary/aromatic N) is 1. The number of carbonyl (C=O) groups is 1. The lowest BCUT2D eigenvalue weighted by atomic mass is 10.1. The van der Waals surface area contributed by atoms with Crippen molar-refractivity contribution in [3.8, 4) is 0 Å². The van der Waals surface area contributed by atoms with Crippen LogP contribution in [0.1, 0.15) is 35.7 Å². The Morgan fingerprint density at radius 2 is 1.93 bits per heavy atom. The summed E-state index contributed by atoms with van der Waals surface area (Å²) in [7, 11) is -3.99. The van der Waals surface area contributed by atoms with E-state index in [4.69, 9.17) is 0 Å². The molecule has 0 aromatic heterocycles. The molecule has 8 heteroatoms. The highest BCUT2D eigenvalue weighted by Gasteiger charge is 2.18. The van der Waals surface area contributed by atoms with E-state index >= 15 is 0 Å². The second-order valence-electron chi connectivity index (χ2n) is 6.47. The number of amides is 1. The van der Waals surface area contributed by atoms with Gasteiger partial charge < -0.3 is 10.0 Å². The number of hydrogen-bond donors (Lipinski definition) is 2. The highest BCUT2D eigenvalue weighted by atomic mass is 32.2. The first-order chi connectivity index (χ1) is 13.3. The second-order valence-corrected chi connectivity index (χ2v) is 8.15. The molecule has 0 heterocycles. The summed E-state index contributed by atoms with van der Waals surface area (Å²) in [6.07, 6.45) is 1.71. The van der Waals surface area contributed by atoms with E-state index in [1.54, 1.807) is 19.1 Å². The van der Waals surface area contributed by atoms with Gasteiger partial charge in [-0.05, 0) is 49.2 Å². The molecule has 2 aromatic rings. The van der Waals surface area contributed by atoms with Crippen LogP contribution in [0.3, 0.4) is 0 Å². The monoisotopic (exact) mass is 408 g/mol. The molecule has 0 fully saturated rings. The quantitative estimate of drug-likeness (QED) is 0.667. The zero-order valence-corrected chi connectivity index (χ0v) is 16.8. The number of benzene rings is 2. The summed E-state index contributed by atoms with van der Waals surface area (Å²) in [6, 6.07) is 9.77. The molecule has 0 aliphatic carbocycles. The molecular weight excluding hydrogens is 383 g/mol. The van der Waals surface area contributed by atoms with Crippen LogP contribution < -0.4 is 4.72 Å². The molecule has 2 aromatic carbocycles. The lowest BCUT2D eigenvalue weighted by molar-refractivity contribution is 0.0719. The van der Waals surface area contributed by atoms with Gasteiger partial charge in [-0.15, -0.1) is 0 Å². The summed E-state index contributed by atoms with van der Waals surface area (Å²) in [5.41, 5.74) is 0.855. The molecule has 2 N–H and O–H groups in total. The third-order valence-electron chi connectivity index (χ3n) is 4.25. The Morgan fingerprint density at radius 1 is 1.18 bits per heavy atom. The number of rotatable bonds is 9. The number of aryl methyl sites for hydroxylation is 1. The summed E-state index contributed by atoms with van der Waals surface area (Å²) < 4.78 is 41.1. The van der Waals surface area contributed by atoms with E-state index in [9.17, 15) is 22.7 Å². The van der Waals surface area contributed by atoms with Gasteiger partial charge >= 0.3 is 0 Å². The second kappa shape index (κ2) is 9.66. The third-order valence-corrected chi connectivity index (χ3v) is 5.63. The molecule has 6 nitrogen and oxygen atoms in total. The number of nitrogens with one attached hydrogen (secondary N) is 1. The molecule has 0 unspecified atom stereocenters. The summed E-state index contributed by atoms with van der Waals surface area (Å²) in [5, 5.41) is 9.19.